The number of hydrogen-bond donors (Lipinski definition) is 1. The number of nitrogens with one attached hydrogen (secondary N) is 1. The number of methoxy groups -OCH3 is 1. The molecular weight excluding hydrogens is 398 g/mol. The van der Waals surface area contributed by atoms with E-state index in [1.165, 1.54) is 12.1 Å². The van der Waals surface area contributed by atoms with Gasteiger partial charge in [-0.3, -0.25) is 4.28 Å². The summed E-state index contributed by atoms with van der Waals surface area (Å²) in [6.07, 6.45) is 0.765. The molecule has 136 valence electrons. The van der Waals surface area contributed by atoms with Crippen LogP contribution in [0.1, 0.15) is 18.0 Å². The number of allylic oxidation sites excluding steroid dienone is 1. The van der Waals surface area contributed by atoms with Gasteiger partial charge in [-0.05, 0) is 12.1 Å². The Balaban J connectivity index is 2.47. The summed E-state index contributed by atoms with van der Waals surface area (Å²) in [6.45, 7) is 0. The molecule has 7 nitrogen and oxygen atoms in total. The number of oxime groups is 1. The van der Waals surface area contributed by atoms with Gasteiger partial charge in [-0.25, -0.2) is 9.18 Å². The molecule has 25 heavy (non-hydrogen) atoms. The highest BCUT2D eigenvalue weighted by Gasteiger charge is 2.32. The highest BCUT2D eigenvalue weighted by molar-refractivity contribution is 7.85. The van der Waals surface area contributed by atoms with Gasteiger partial charge in [-0.1, -0.05) is 34.4 Å². The Morgan fingerprint density at radius 3 is 2.64 bits per heavy atom. The van der Waals surface area contributed by atoms with Gasteiger partial charge in [0.05, 0.1) is 24.4 Å². The van der Waals surface area contributed by atoms with E-state index in [2.05, 4.69) is 19.5 Å². The number of halogens is 3. The van der Waals surface area contributed by atoms with Crippen LogP contribution < -0.4 is 5.32 Å². The predicted octanol–water partition coefficient (Wildman–Crippen LogP) is 2.47. The minimum Gasteiger partial charge on any atom is -0.464 e. The molecule has 1 N–H and O–H groups in total. The molecule has 11 heteroatoms. The third-order valence-corrected chi connectivity index (χ3v) is 4.19. The number of hydrogen-bond acceptors (Lipinski definition) is 7. The van der Waals surface area contributed by atoms with E-state index in [4.69, 9.17) is 23.2 Å². The third-order valence-electron chi connectivity index (χ3n) is 3.20. The molecule has 1 heterocycles. The number of carbonyl (C=O) groups is 1. The summed E-state index contributed by atoms with van der Waals surface area (Å²) in [5.74, 6) is -1.44. The van der Waals surface area contributed by atoms with Gasteiger partial charge < -0.3 is 10.1 Å². The van der Waals surface area contributed by atoms with Crippen molar-refractivity contribution in [3.63, 3.8) is 0 Å². The van der Waals surface area contributed by atoms with E-state index in [0.29, 0.717) is 0 Å². The lowest BCUT2D eigenvalue weighted by atomic mass is 9.96. The largest absolute Gasteiger partial charge is 0.464 e. The molecule has 1 aromatic rings. The summed E-state index contributed by atoms with van der Waals surface area (Å²) < 4.78 is 45.4. The van der Waals surface area contributed by atoms with Crippen molar-refractivity contribution in [1.29, 1.82) is 0 Å². The molecule has 2 rings (SSSR count). The molecule has 0 fully saturated rings. The third kappa shape index (κ3) is 4.83. The van der Waals surface area contributed by atoms with E-state index in [1.54, 1.807) is 0 Å². The fraction of sp³-hybridized carbons (Fsp3) is 0.286. The molecule has 0 spiro atoms. The first-order chi connectivity index (χ1) is 11.6. The van der Waals surface area contributed by atoms with E-state index in [1.807, 2.05) is 0 Å². The molecule has 0 aromatic heterocycles. The van der Waals surface area contributed by atoms with Crippen LogP contribution in [0.5, 0.6) is 0 Å². The summed E-state index contributed by atoms with van der Waals surface area (Å²) in [6, 6.07) is 3.25. The Morgan fingerprint density at radius 2 is 2.08 bits per heavy atom. The second kappa shape index (κ2) is 7.59. The maximum Gasteiger partial charge on any atom is 0.355 e. The lowest BCUT2D eigenvalue weighted by molar-refractivity contribution is -0.136. The van der Waals surface area contributed by atoms with Gasteiger partial charge in [0.2, 0.25) is 0 Å². The summed E-state index contributed by atoms with van der Waals surface area (Å²) in [4.78, 5) is 11.9. The van der Waals surface area contributed by atoms with Gasteiger partial charge in [0, 0.05) is 17.0 Å². The maximum absolute atomic E-state index is 14.2. The van der Waals surface area contributed by atoms with Crippen LogP contribution >= 0.6 is 23.2 Å². The molecular formula is C14H13Cl2FN2O5S. The molecule has 1 aromatic carbocycles. The van der Waals surface area contributed by atoms with Crippen LogP contribution in [0, 0.1) is 5.82 Å². The fourth-order valence-corrected chi connectivity index (χ4v) is 2.76. The monoisotopic (exact) mass is 410 g/mol. The predicted molar refractivity (Wildman–Crippen MR) is 90.2 cm³/mol. The van der Waals surface area contributed by atoms with Crippen molar-refractivity contribution in [2.75, 3.05) is 13.4 Å². The van der Waals surface area contributed by atoms with Crippen LogP contribution in [0.2, 0.25) is 5.02 Å². The van der Waals surface area contributed by atoms with E-state index in [0.717, 1.165) is 19.4 Å². The highest BCUT2D eigenvalue weighted by atomic mass is 35.5. The summed E-state index contributed by atoms with van der Waals surface area (Å²) in [7, 11) is -2.75. The molecule has 0 aliphatic carbocycles. The Hall–Kier alpha value is -1.84. The molecule has 0 amide bonds. The summed E-state index contributed by atoms with van der Waals surface area (Å²) in [5, 5.41) is 6.25. The number of rotatable bonds is 4. The van der Waals surface area contributed by atoms with Gasteiger partial charge >= 0.3 is 16.1 Å². The highest BCUT2D eigenvalue weighted by Crippen LogP contribution is 2.31. The molecule has 0 bridgehead atoms. The van der Waals surface area contributed by atoms with E-state index in [9.17, 15) is 17.6 Å². The number of benzene rings is 1. The second-order valence-corrected chi connectivity index (χ2v) is 7.44. The minimum atomic E-state index is -3.88. The molecule has 1 atom stereocenters. The SMILES string of the molecule is COC(=O)C1=C(Cl)C(=NOS(C)(=O)=O)CC(c2ccc(Cl)cc2F)N1. The summed E-state index contributed by atoms with van der Waals surface area (Å²) in [5.41, 5.74) is -0.0572. The molecule has 0 radical (unpaired) electrons. The smallest absolute Gasteiger partial charge is 0.355 e. The molecule has 0 saturated heterocycles. The van der Waals surface area contributed by atoms with E-state index in [-0.39, 0.29) is 33.4 Å². The number of carbonyl (C=O) groups excluding carboxylic acids is 1. The van der Waals surface area contributed by atoms with Gasteiger partial charge in [0.15, 0.2) is 0 Å². The first-order valence-electron chi connectivity index (χ1n) is 6.78. The topological polar surface area (TPSA) is 94.1 Å². The van der Waals surface area contributed by atoms with Crippen molar-refractivity contribution < 1.29 is 26.6 Å². The lowest BCUT2D eigenvalue weighted by Gasteiger charge is -2.27. The van der Waals surface area contributed by atoms with E-state index < -0.39 is 27.9 Å². The van der Waals surface area contributed by atoms with Crippen LogP contribution in [0.15, 0.2) is 34.1 Å². The first kappa shape index (κ1) is 19.5. The quantitative estimate of drug-likeness (QED) is 0.605. The summed E-state index contributed by atoms with van der Waals surface area (Å²) >= 11 is 11.8. The number of ether oxygens (including phenoxy) is 1. The molecule has 1 unspecified atom stereocenters. The zero-order valence-corrected chi connectivity index (χ0v) is 15.4. The fourth-order valence-electron chi connectivity index (χ4n) is 2.13. The Kier molecular flexibility index (Phi) is 5.91. The molecule has 1 aliphatic heterocycles. The average molecular weight is 411 g/mol. The van der Waals surface area contributed by atoms with Crippen molar-refractivity contribution in [3.05, 3.63) is 45.3 Å². The first-order valence-corrected chi connectivity index (χ1v) is 9.35. The van der Waals surface area contributed by atoms with Gasteiger partial charge in [0.1, 0.15) is 17.2 Å². The zero-order chi connectivity index (χ0) is 18.8. The maximum atomic E-state index is 14.2. The van der Waals surface area contributed by atoms with Crippen LogP contribution in [-0.2, 0) is 23.9 Å². The van der Waals surface area contributed by atoms with Crippen molar-refractivity contribution in [2.24, 2.45) is 5.16 Å². The Morgan fingerprint density at radius 1 is 1.40 bits per heavy atom. The van der Waals surface area contributed by atoms with Crippen molar-refractivity contribution in [2.45, 2.75) is 12.5 Å². The van der Waals surface area contributed by atoms with Crippen LogP contribution in [0.25, 0.3) is 0 Å². The standard InChI is InChI=1S/C14H13Cl2FN2O5S/c1-23-14(20)13-12(16)11(19-24-25(2,21)22)6-10(18-13)8-4-3-7(15)5-9(8)17/h3-5,10,18H,6H2,1-2H3. The van der Waals surface area contributed by atoms with Crippen LogP contribution in [0.4, 0.5) is 4.39 Å². The Bertz CT molecular complexity index is 870. The van der Waals surface area contributed by atoms with E-state index >= 15 is 0 Å². The van der Waals surface area contributed by atoms with Crippen LogP contribution in [-0.4, -0.2) is 33.5 Å². The van der Waals surface area contributed by atoms with Crippen LogP contribution in [0.3, 0.4) is 0 Å². The molecule has 1 aliphatic rings. The number of esters is 1. The number of nitrogens with zero attached hydrogens (tertiary/aromatic N) is 1. The minimum absolute atomic E-state index is 0.0343. The van der Waals surface area contributed by atoms with Crippen molar-refractivity contribution >= 4 is 45.0 Å². The van der Waals surface area contributed by atoms with Gasteiger partial charge in [0.25, 0.3) is 0 Å². The van der Waals surface area contributed by atoms with Crippen molar-refractivity contribution in [3.8, 4) is 0 Å². The van der Waals surface area contributed by atoms with Crippen molar-refractivity contribution in [1.82, 2.24) is 5.32 Å². The zero-order valence-electron chi connectivity index (χ0n) is 13.0. The lowest BCUT2D eigenvalue weighted by Crippen LogP contribution is -2.35. The van der Waals surface area contributed by atoms with Gasteiger partial charge in [-0.2, -0.15) is 8.42 Å². The normalized spacial score (nSPS) is 19.6. The molecule has 0 saturated carbocycles. The second-order valence-electron chi connectivity index (χ2n) is 5.06. The average Bonchev–Trinajstić information content (AvgIpc) is 2.52. The Labute approximate surface area is 153 Å². The van der Waals surface area contributed by atoms with Gasteiger partial charge in [-0.15, -0.1) is 0 Å².